The number of carbonyl (C=O) groups excluding carboxylic acids is 1. The molecule has 1 aromatic rings. The van der Waals surface area contributed by atoms with Crippen molar-refractivity contribution in [2.45, 2.75) is 44.7 Å². The minimum absolute atomic E-state index is 0. The molecule has 1 fully saturated rings. The van der Waals surface area contributed by atoms with Crippen molar-refractivity contribution < 1.29 is 4.79 Å². The van der Waals surface area contributed by atoms with E-state index in [1.165, 1.54) is 5.56 Å². The van der Waals surface area contributed by atoms with Crippen LogP contribution in [-0.2, 0) is 11.3 Å². The van der Waals surface area contributed by atoms with Gasteiger partial charge in [-0.1, -0.05) is 38.1 Å². The number of nitrogens with one attached hydrogen (secondary N) is 1. The van der Waals surface area contributed by atoms with Crippen LogP contribution in [0.5, 0.6) is 0 Å². The molecule has 0 heterocycles. The van der Waals surface area contributed by atoms with Gasteiger partial charge >= 0.3 is 0 Å². The van der Waals surface area contributed by atoms with E-state index in [1.807, 2.05) is 0 Å². The Morgan fingerprint density at radius 3 is 2.33 bits per heavy atom. The largest absolute Gasteiger partial charge is 0.350 e. The second kappa shape index (κ2) is 5.72. The summed E-state index contributed by atoms with van der Waals surface area (Å²) in [4.78, 5) is 11.6. The molecule has 4 heteroatoms. The standard InChI is InChI=1S/C14H20N2O.ClH/c1-10(2)12-5-3-11(4-6-12)9-16-13(17)14(15)7-8-14;/h3-6,10H,7-9,15H2,1-2H3,(H,16,17);1H. The lowest BCUT2D eigenvalue weighted by Crippen LogP contribution is -2.42. The number of halogens is 1. The zero-order valence-corrected chi connectivity index (χ0v) is 11.7. The van der Waals surface area contributed by atoms with Crippen molar-refractivity contribution in [1.82, 2.24) is 5.32 Å². The summed E-state index contributed by atoms with van der Waals surface area (Å²) in [6.45, 7) is 4.90. The molecule has 0 radical (unpaired) electrons. The highest BCUT2D eigenvalue weighted by Gasteiger charge is 2.45. The summed E-state index contributed by atoms with van der Waals surface area (Å²) in [5.41, 5.74) is 7.67. The predicted molar refractivity (Wildman–Crippen MR) is 75.8 cm³/mol. The van der Waals surface area contributed by atoms with Crippen molar-refractivity contribution in [3.63, 3.8) is 0 Å². The molecular formula is C14H21ClN2O. The van der Waals surface area contributed by atoms with Crippen molar-refractivity contribution in [2.24, 2.45) is 5.73 Å². The van der Waals surface area contributed by atoms with Crippen molar-refractivity contribution in [3.8, 4) is 0 Å². The molecule has 0 saturated heterocycles. The Balaban J connectivity index is 0.00000162. The number of rotatable bonds is 4. The van der Waals surface area contributed by atoms with E-state index in [1.54, 1.807) is 0 Å². The van der Waals surface area contributed by atoms with Gasteiger partial charge in [-0.3, -0.25) is 4.79 Å². The Hall–Kier alpha value is -1.06. The van der Waals surface area contributed by atoms with Crippen molar-refractivity contribution in [1.29, 1.82) is 0 Å². The van der Waals surface area contributed by atoms with Crippen LogP contribution in [0.1, 0.15) is 43.7 Å². The normalized spacial score (nSPS) is 16.0. The average molecular weight is 269 g/mol. The quantitative estimate of drug-likeness (QED) is 0.881. The van der Waals surface area contributed by atoms with E-state index in [-0.39, 0.29) is 18.3 Å². The van der Waals surface area contributed by atoms with E-state index in [4.69, 9.17) is 5.73 Å². The van der Waals surface area contributed by atoms with Gasteiger partial charge in [0.2, 0.25) is 5.91 Å². The molecule has 1 saturated carbocycles. The van der Waals surface area contributed by atoms with Gasteiger partial charge in [0.15, 0.2) is 0 Å². The number of hydrogen-bond acceptors (Lipinski definition) is 2. The smallest absolute Gasteiger partial charge is 0.240 e. The van der Waals surface area contributed by atoms with Gasteiger partial charge in [-0.25, -0.2) is 0 Å². The maximum absolute atomic E-state index is 11.6. The first-order valence-corrected chi connectivity index (χ1v) is 6.17. The van der Waals surface area contributed by atoms with Gasteiger partial charge in [-0.2, -0.15) is 0 Å². The molecule has 0 aliphatic heterocycles. The monoisotopic (exact) mass is 268 g/mol. The summed E-state index contributed by atoms with van der Waals surface area (Å²) in [5.74, 6) is 0.517. The molecule has 0 spiro atoms. The molecule has 3 nitrogen and oxygen atoms in total. The van der Waals surface area contributed by atoms with E-state index >= 15 is 0 Å². The Labute approximate surface area is 115 Å². The second-order valence-electron chi connectivity index (χ2n) is 5.24. The molecule has 2 rings (SSSR count). The van der Waals surface area contributed by atoms with Crippen LogP contribution >= 0.6 is 12.4 Å². The van der Waals surface area contributed by atoms with Crippen LogP contribution in [0.25, 0.3) is 0 Å². The average Bonchev–Trinajstić information content (AvgIpc) is 3.06. The highest BCUT2D eigenvalue weighted by Crippen LogP contribution is 2.32. The lowest BCUT2D eigenvalue weighted by Gasteiger charge is -2.11. The molecule has 1 aromatic carbocycles. The fraction of sp³-hybridized carbons (Fsp3) is 0.500. The Bertz CT molecular complexity index is 410. The van der Waals surface area contributed by atoms with Crippen molar-refractivity contribution in [3.05, 3.63) is 35.4 Å². The maximum Gasteiger partial charge on any atom is 0.240 e. The first kappa shape index (κ1) is 15.0. The SMILES string of the molecule is CC(C)c1ccc(CNC(=O)C2(N)CC2)cc1.Cl. The van der Waals surface area contributed by atoms with Gasteiger partial charge in [0.05, 0.1) is 5.54 Å². The minimum atomic E-state index is -0.572. The van der Waals surface area contributed by atoms with Crippen LogP contribution in [0.2, 0.25) is 0 Å². The third-order valence-corrected chi connectivity index (χ3v) is 3.34. The van der Waals surface area contributed by atoms with Crippen LogP contribution in [-0.4, -0.2) is 11.4 Å². The Morgan fingerprint density at radius 2 is 1.89 bits per heavy atom. The molecule has 0 bridgehead atoms. The van der Waals surface area contributed by atoms with Gasteiger partial charge in [0.25, 0.3) is 0 Å². The molecule has 1 aliphatic rings. The number of carbonyl (C=O) groups is 1. The van der Waals surface area contributed by atoms with Crippen LogP contribution in [0.15, 0.2) is 24.3 Å². The minimum Gasteiger partial charge on any atom is -0.350 e. The first-order chi connectivity index (χ1) is 8.01. The van der Waals surface area contributed by atoms with Crippen LogP contribution in [0.3, 0.4) is 0 Å². The van der Waals surface area contributed by atoms with Gasteiger partial charge in [0, 0.05) is 6.54 Å². The third-order valence-electron chi connectivity index (χ3n) is 3.34. The van der Waals surface area contributed by atoms with Crippen LogP contribution in [0.4, 0.5) is 0 Å². The van der Waals surface area contributed by atoms with E-state index in [0.29, 0.717) is 12.5 Å². The summed E-state index contributed by atoms with van der Waals surface area (Å²) in [5, 5.41) is 2.89. The van der Waals surface area contributed by atoms with E-state index in [9.17, 15) is 4.79 Å². The van der Waals surface area contributed by atoms with E-state index < -0.39 is 5.54 Å². The highest BCUT2D eigenvalue weighted by atomic mass is 35.5. The zero-order chi connectivity index (χ0) is 12.5. The zero-order valence-electron chi connectivity index (χ0n) is 10.9. The molecule has 3 N–H and O–H groups in total. The molecule has 0 unspecified atom stereocenters. The third kappa shape index (κ3) is 3.47. The van der Waals surface area contributed by atoms with Gasteiger partial charge in [-0.15, -0.1) is 12.4 Å². The van der Waals surface area contributed by atoms with E-state index in [0.717, 1.165) is 18.4 Å². The Kier molecular flexibility index (Phi) is 4.77. The number of amides is 1. The fourth-order valence-electron chi connectivity index (χ4n) is 1.74. The number of hydrogen-bond donors (Lipinski definition) is 2. The van der Waals surface area contributed by atoms with Gasteiger partial charge in [0.1, 0.15) is 0 Å². The summed E-state index contributed by atoms with van der Waals surface area (Å²) in [6, 6.07) is 8.35. The molecule has 0 aromatic heterocycles. The molecule has 18 heavy (non-hydrogen) atoms. The van der Waals surface area contributed by atoms with Crippen molar-refractivity contribution in [2.75, 3.05) is 0 Å². The summed E-state index contributed by atoms with van der Waals surface area (Å²) in [6.07, 6.45) is 1.62. The highest BCUT2D eigenvalue weighted by molar-refractivity contribution is 5.88. The van der Waals surface area contributed by atoms with Crippen LogP contribution in [0, 0.1) is 0 Å². The Morgan fingerprint density at radius 1 is 1.33 bits per heavy atom. The topological polar surface area (TPSA) is 55.1 Å². The van der Waals surface area contributed by atoms with Gasteiger partial charge < -0.3 is 11.1 Å². The second-order valence-corrected chi connectivity index (χ2v) is 5.24. The molecule has 1 amide bonds. The first-order valence-electron chi connectivity index (χ1n) is 6.17. The van der Waals surface area contributed by atoms with Crippen molar-refractivity contribution >= 4 is 18.3 Å². The summed E-state index contributed by atoms with van der Waals surface area (Å²) in [7, 11) is 0. The number of benzene rings is 1. The summed E-state index contributed by atoms with van der Waals surface area (Å²) < 4.78 is 0. The van der Waals surface area contributed by atoms with Gasteiger partial charge in [-0.05, 0) is 29.9 Å². The molecule has 100 valence electrons. The molecule has 0 atom stereocenters. The summed E-state index contributed by atoms with van der Waals surface area (Å²) >= 11 is 0. The lowest BCUT2D eigenvalue weighted by atomic mass is 10.0. The lowest BCUT2D eigenvalue weighted by molar-refractivity contribution is -0.123. The van der Waals surface area contributed by atoms with Crippen LogP contribution < -0.4 is 11.1 Å². The van der Waals surface area contributed by atoms with E-state index in [2.05, 4.69) is 43.4 Å². The fourth-order valence-corrected chi connectivity index (χ4v) is 1.74. The molecule has 1 aliphatic carbocycles. The number of nitrogens with two attached hydrogens (primary N) is 1. The predicted octanol–water partition coefficient (Wildman–Crippen LogP) is 2.34. The molecular weight excluding hydrogens is 248 g/mol. The maximum atomic E-state index is 11.6.